The second kappa shape index (κ2) is 6.22. The van der Waals surface area contributed by atoms with Gasteiger partial charge in [-0.3, -0.25) is 9.78 Å². The Bertz CT molecular complexity index is 775. The molecule has 8 nitrogen and oxygen atoms in total. The monoisotopic (exact) mass is 417 g/mol. The third kappa shape index (κ3) is 3.39. The van der Waals surface area contributed by atoms with Crippen molar-refractivity contribution in [2.24, 2.45) is 5.10 Å². The number of rotatable bonds is 3. The molecule has 0 saturated carbocycles. The van der Waals surface area contributed by atoms with Crippen molar-refractivity contribution in [2.75, 3.05) is 5.43 Å². The summed E-state index contributed by atoms with van der Waals surface area (Å²) in [6.45, 7) is 1.53. The Kier molecular flexibility index (Phi) is 4.58. The molecular weight excluding hydrogens is 410 g/mol. The molecule has 1 heterocycles. The zero-order valence-electron chi connectivity index (χ0n) is 10.6. The molecule has 0 unspecified atom stereocenters. The van der Waals surface area contributed by atoms with Crippen LogP contribution in [0.2, 0.25) is 0 Å². The highest BCUT2D eigenvalue weighted by atomic mass is 79.9. The van der Waals surface area contributed by atoms with Crippen molar-refractivity contribution in [3.05, 3.63) is 36.6 Å². The van der Waals surface area contributed by atoms with Crippen molar-refractivity contribution in [1.82, 2.24) is 15.2 Å². The van der Waals surface area contributed by atoms with Crippen LogP contribution >= 0.6 is 31.9 Å². The van der Waals surface area contributed by atoms with Gasteiger partial charge in [-0.05, 0) is 44.8 Å². The molecule has 0 aliphatic rings. The van der Waals surface area contributed by atoms with Gasteiger partial charge in [-0.15, -0.1) is 10.2 Å². The number of aromatic nitrogens is 3. The van der Waals surface area contributed by atoms with E-state index in [0.29, 0.717) is 10.0 Å². The van der Waals surface area contributed by atoms with Crippen molar-refractivity contribution in [2.45, 2.75) is 6.92 Å². The lowest BCUT2D eigenvalue weighted by Crippen LogP contribution is -2.15. The fraction of sp³-hybridized carbons (Fsp3) is 0.0909. The number of aromatic amines is 1. The summed E-state index contributed by atoms with van der Waals surface area (Å²) in [5.41, 5.74) is 2.68. The Balaban J connectivity index is 2.22. The first kappa shape index (κ1) is 15.4. The summed E-state index contributed by atoms with van der Waals surface area (Å²) in [5.74, 6) is -0.227. The molecule has 4 N–H and O–H groups in total. The van der Waals surface area contributed by atoms with E-state index in [2.05, 4.69) is 57.6 Å². The van der Waals surface area contributed by atoms with Crippen LogP contribution < -0.4 is 11.0 Å². The van der Waals surface area contributed by atoms with Crippen LogP contribution in [0.5, 0.6) is 11.5 Å². The maximum Gasteiger partial charge on any atom is 0.274 e. The van der Waals surface area contributed by atoms with E-state index in [1.165, 1.54) is 19.2 Å². The highest BCUT2D eigenvalue weighted by molar-refractivity contribution is 9.11. The number of aryl methyl sites for hydroxylation is 1. The molecule has 0 spiro atoms. The van der Waals surface area contributed by atoms with Crippen LogP contribution in [0.3, 0.4) is 0 Å². The van der Waals surface area contributed by atoms with E-state index in [1.54, 1.807) is 0 Å². The average molecular weight is 419 g/mol. The molecule has 2 aromatic rings. The molecule has 1 aromatic carbocycles. The normalized spacial score (nSPS) is 11.0. The first-order valence-electron chi connectivity index (χ1n) is 5.52. The van der Waals surface area contributed by atoms with E-state index < -0.39 is 0 Å². The summed E-state index contributed by atoms with van der Waals surface area (Å²) in [6, 6.07) is 1.48. The van der Waals surface area contributed by atoms with Crippen molar-refractivity contribution in [3.63, 3.8) is 0 Å². The summed E-state index contributed by atoms with van der Waals surface area (Å²) in [7, 11) is 0. The fourth-order valence-corrected chi connectivity index (χ4v) is 2.48. The maximum absolute atomic E-state index is 11.3. The lowest BCUT2D eigenvalue weighted by Gasteiger charge is -2.06. The van der Waals surface area contributed by atoms with Crippen LogP contribution in [0.25, 0.3) is 0 Å². The van der Waals surface area contributed by atoms with Gasteiger partial charge in [0.15, 0.2) is 0 Å². The first-order valence-corrected chi connectivity index (χ1v) is 7.11. The predicted octanol–water partition coefficient (Wildman–Crippen LogP) is 1.86. The number of benzene rings is 1. The minimum atomic E-state index is -0.374. The number of halogens is 2. The van der Waals surface area contributed by atoms with Crippen LogP contribution in [0.4, 0.5) is 5.95 Å². The van der Waals surface area contributed by atoms with Gasteiger partial charge in [0.25, 0.3) is 5.56 Å². The molecule has 10 heteroatoms. The second-order valence-electron chi connectivity index (χ2n) is 3.92. The third-order valence-corrected chi connectivity index (χ3v) is 3.79. The number of nitrogens with zero attached hydrogens (tertiary/aromatic N) is 3. The van der Waals surface area contributed by atoms with Gasteiger partial charge in [-0.1, -0.05) is 0 Å². The zero-order valence-corrected chi connectivity index (χ0v) is 13.7. The standard InChI is InChI=1S/C11H9Br2N5O3/c1-4-10(21)15-11(18-16-4)17-14-3-5-2-6(12)9(20)7(13)8(5)19/h2-3,19-20H,1H3,(H2,15,17,18,21)/b14-3+. The molecule has 1 aromatic heterocycles. The Morgan fingerprint density at radius 2 is 2.05 bits per heavy atom. The first-order chi connectivity index (χ1) is 9.90. The molecule has 2 rings (SSSR count). The molecule has 0 radical (unpaired) electrons. The lowest BCUT2D eigenvalue weighted by molar-refractivity contribution is 0.442. The van der Waals surface area contributed by atoms with Crippen molar-refractivity contribution < 1.29 is 10.2 Å². The van der Waals surface area contributed by atoms with Crippen LogP contribution in [0.15, 0.2) is 24.9 Å². The van der Waals surface area contributed by atoms with E-state index >= 15 is 0 Å². The average Bonchev–Trinajstić information content (AvgIpc) is 2.46. The minimum Gasteiger partial charge on any atom is -0.506 e. The van der Waals surface area contributed by atoms with Crippen LogP contribution in [-0.2, 0) is 0 Å². The molecule has 0 fully saturated rings. The van der Waals surface area contributed by atoms with E-state index in [4.69, 9.17) is 0 Å². The third-order valence-electron chi connectivity index (χ3n) is 2.43. The van der Waals surface area contributed by atoms with E-state index in [1.807, 2.05) is 0 Å². The number of hydrazone groups is 1. The number of phenolic OH excluding ortho intramolecular Hbond substituents is 2. The Morgan fingerprint density at radius 1 is 1.33 bits per heavy atom. The minimum absolute atomic E-state index is 0.0678. The van der Waals surface area contributed by atoms with Gasteiger partial charge in [-0.25, -0.2) is 5.43 Å². The number of aromatic hydroxyl groups is 2. The van der Waals surface area contributed by atoms with Gasteiger partial charge in [0.05, 0.1) is 10.7 Å². The predicted molar refractivity (Wildman–Crippen MR) is 83.8 cm³/mol. The van der Waals surface area contributed by atoms with Gasteiger partial charge in [-0.2, -0.15) is 5.10 Å². The Labute approximate surface area is 135 Å². The molecule has 0 aliphatic heterocycles. The number of H-pyrrole nitrogens is 1. The van der Waals surface area contributed by atoms with Gasteiger partial charge in [0.1, 0.15) is 21.7 Å². The van der Waals surface area contributed by atoms with E-state index in [9.17, 15) is 15.0 Å². The Morgan fingerprint density at radius 3 is 2.71 bits per heavy atom. The van der Waals surface area contributed by atoms with E-state index in [0.717, 1.165) is 0 Å². The van der Waals surface area contributed by atoms with Crippen LogP contribution in [0, 0.1) is 6.92 Å². The summed E-state index contributed by atoms with van der Waals surface area (Å²) < 4.78 is 0.527. The highest BCUT2D eigenvalue weighted by Crippen LogP contribution is 2.40. The molecule has 110 valence electrons. The quantitative estimate of drug-likeness (QED) is 0.445. The highest BCUT2D eigenvalue weighted by Gasteiger charge is 2.12. The van der Waals surface area contributed by atoms with Crippen molar-refractivity contribution >= 4 is 44.0 Å². The van der Waals surface area contributed by atoms with Gasteiger partial charge in [0.2, 0.25) is 5.95 Å². The smallest absolute Gasteiger partial charge is 0.274 e. The maximum atomic E-state index is 11.3. The molecule has 0 bridgehead atoms. The summed E-state index contributed by atoms with van der Waals surface area (Å²) in [4.78, 5) is 13.8. The molecule has 0 amide bonds. The Hall–Kier alpha value is -1.94. The van der Waals surface area contributed by atoms with Crippen molar-refractivity contribution in [3.8, 4) is 11.5 Å². The molecular formula is C11H9Br2N5O3. The molecule has 0 atom stereocenters. The topological polar surface area (TPSA) is 123 Å². The summed E-state index contributed by atoms with van der Waals surface area (Å²) >= 11 is 6.20. The largest absolute Gasteiger partial charge is 0.506 e. The summed E-state index contributed by atoms with van der Waals surface area (Å²) in [5, 5.41) is 30.6. The summed E-state index contributed by atoms with van der Waals surface area (Å²) in [6.07, 6.45) is 1.30. The van der Waals surface area contributed by atoms with Gasteiger partial charge >= 0.3 is 0 Å². The number of anilines is 1. The number of phenols is 2. The second-order valence-corrected chi connectivity index (χ2v) is 5.56. The number of nitrogens with one attached hydrogen (secondary N) is 2. The van der Waals surface area contributed by atoms with Crippen LogP contribution in [-0.4, -0.2) is 31.6 Å². The number of hydrogen-bond acceptors (Lipinski definition) is 7. The number of hydrogen-bond donors (Lipinski definition) is 4. The molecule has 0 saturated heterocycles. The molecule has 21 heavy (non-hydrogen) atoms. The van der Waals surface area contributed by atoms with Crippen molar-refractivity contribution in [1.29, 1.82) is 0 Å². The molecule has 0 aliphatic carbocycles. The van der Waals surface area contributed by atoms with Gasteiger partial charge < -0.3 is 10.2 Å². The van der Waals surface area contributed by atoms with Gasteiger partial charge in [0, 0.05) is 5.56 Å². The fourth-order valence-electron chi connectivity index (χ4n) is 1.32. The van der Waals surface area contributed by atoms with Crippen LogP contribution in [0.1, 0.15) is 11.3 Å². The lowest BCUT2D eigenvalue weighted by atomic mass is 10.2. The zero-order chi connectivity index (χ0) is 15.6. The van der Waals surface area contributed by atoms with E-state index in [-0.39, 0.29) is 33.2 Å². The SMILES string of the molecule is Cc1nnc(N/N=C/c2cc(Br)c(O)c(Br)c2O)[nH]c1=O.